The topological polar surface area (TPSA) is 44.8 Å². The molecule has 1 aliphatic carbocycles. The molecule has 6 heteroatoms. The summed E-state index contributed by atoms with van der Waals surface area (Å²) in [5, 5.41) is 3.15. The summed E-state index contributed by atoms with van der Waals surface area (Å²) >= 11 is 0. The summed E-state index contributed by atoms with van der Waals surface area (Å²) < 4.78 is 19.7. The van der Waals surface area contributed by atoms with Crippen molar-refractivity contribution in [3.8, 4) is 0 Å². The summed E-state index contributed by atoms with van der Waals surface area (Å²) in [5.41, 5.74) is 3.89. The number of amides is 1. The molecule has 3 aliphatic rings. The van der Waals surface area contributed by atoms with Crippen LogP contribution in [0, 0.1) is 17.8 Å². The molecule has 192 valence electrons. The van der Waals surface area contributed by atoms with Gasteiger partial charge in [-0.2, -0.15) is 0 Å². The van der Waals surface area contributed by atoms with Crippen LogP contribution in [0.25, 0.3) is 0 Å². The lowest BCUT2D eigenvalue weighted by atomic mass is 9.91. The van der Waals surface area contributed by atoms with E-state index in [9.17, 15) is 9.18 Å². The quantitative estimate of drug-likeness (QED) is 0.462. The molecule has 3 aromatic rings. The Morgan fingerprint density at radius 3 is 2.19 bits per heavy atom. The SMILES string of the molecule is O=C(NCC1C2CN(CC(c3ccccc3)c3ccccc3)CC12)c1ccccc1N1CCOCC1F. The maximum absolute atomic E-state index is 14.5. The van der Waals surface area contributed by atoms with Crippen molar-refractivity contribution in [1.82, 2.24) is 10.2 Å². The van der Waals surface area contributed by atoms with Crippen LogP contribution in [0.4, 0.5) is 10.1 Å². The van der Waals surface area contributed by atoms with E-state index >= 15 is 0 Å². The van der Waals surface area contributed by atoms with Crippen molar-refractivity contribution < 1.29 is 13.9 Å². The number of fused-ring (bicyclic) bond motifs is 1. The minimum absolute atomic E-state index is 0.0350. The van der Waals surface area contributed by atoms with E-state index in [4.69, 9.17) is 4.74 Å². The summed E-state index contributed by atoms with van der Waals surface area (Å²) in [4.78, 5) is 17.3. The normalized spacial score (nSPS) is 25.2. The number of para-hydroxylation sites is 1. The van der Waals surface area contributed by atoms with Crippen LogP contribution in [0.5, 0.6) is 0 Å². The van der Waals surface area contributed by atoms with Gasteiger partial charge in [0.05, 0.1) is 24.5 Å². The molecule has 2 heterocycles. The molecule has 1 saturated carbocycles. The summed E-state index contributed by atoms with van der Waals surface area (Å²) in [6.07, 6.45) is -1.23. The highest BCUT2D eigenvalue weighted by molar-refractivity contribution is 5.99. The number of anilines is 1. The van der Waals surface area contributed by atoms with Gasteiger partial charge in [0.25, 0.3) is 5.91 Å². The molecular formula is C31H34FN3O2. The van der Waals surface area contributed by atoms with Crippen LogP contribution in [0.2, 0.25) is 0 Å². The van der Waals surface area contributed by atoms with Gasteiger partial charge in [-0.15, -0.1) is 0 Å². The monoisotopic (exact) mass is 499 g/mol. The van der Waals surface area contributed by atoms with E-state index < -0.39 is 6.30 Å². The summed E-state index contributed by atoms with van der Waals surface area (Å²) in [6.45, 7) is 4.79. The average molecular weight is 500 g/mol. The number of rotatable bonds is 8. The molecule has 3 unspecified atom stereocenters. The highest BCUT2D eigenvalue weighted by atomic mass is 19.1. The molecule has 2 aliphatic heterocycles. The number of piperidine rings is 1. The third-order valence-electron chi connectivity index (χ3n) is 8.32. The highest BCUT2D eigenvalue weighted by Gasteiger charge is 2.55. The van der Waals surface area contributed by atoms with Crippen LogP contribution in [-0.2, 0) is 4.74 Å². The number of morpholine rings is 1. The van der Waals surface area contributed by atoms with E-state index in [2.05, 4.69) is 70.9 Å². The lowest BCUT2D eigenvalue weighted by molar-refractivity contribution is 0.0495. The van der Waals surface area contributed by atoms with Crippen LogP contribution in [-0.4, -0.2) is 63.0 Å². The molecule has 5 nitrogen and oxygen atoms in total. The largest absolute Gasteiger partial charge is 0.375 e. The molecule has 0 spiro atoms. The molecule has 3 aromatic carbocycles. The number of carbonyl (C=O) groups is 1. The summed E-state index contributed by atoms with van der Waals surface area (Å²) in [5.74, 6) is 2.03. The van der Waals surface area contributed by atoms with E-state index in [1.165, 1.54) is 11.1 Å². The minimum atomic E-state index is -1.23. The first-order valence-electron chi connectivity index (χ1n) is 13.4. The molecule has 1 N–H and O–H groups in total. The fourth-order valence-corrected chi connectivity index (χ4v) is 6.29. The van der Waals surface area contributed by atoms with Gasteiger partial charge in [0, 0.05) is 38.6 Å². The third kappa shape index (κ3) is 5.13. The van der Waals surface area contributed by atoms with Crippen molar-refractivity contribution in [1.29, 1.82) is 0 Å². The molecule has 0 bridgehead atoms. The van der Waals surface area contributed by atoms with Crippen molar-refractivity contribution in [2.75, 3.05) is 50.8 Å². The molecule has 2 saturated heterocycles. The van der Waals surface area contributed by atoms with Gasteiger partial charge in [0.2, 0.25) is 0 Å². The molecule has 3 atom stereocenters. The molecule has 0 radical (unpaired) electrons. The lowest BCUT2D eigenvalue weighted by Gasteiger charge is -2.33. The van der Waals surface area contributed by atoms with Gasteiger partial charge < -0.3 is 19.9 Å². The van der Waals surface area contributed by atoms with E-state index in [0.29, 0.717) is 54.6 Å². The van der Waals surface area contributed by atoms with Gasteiger partial charge in [-0.3, -0.25) is 4.79 Å². The second kappa shape index (κ2) is 10.6. The van der Waals surface area contributed by atoms with Crippen molar-refractivity contribution >= 4 is 11.6 Å². The third-order valence-corrected chi connectivity index (χ3v) is 8.32. The van der Waals surface area contributed by atoms with Crippen molar-refractivity contribution in [2.45, 2.75) is 12.2 Å². The first-order chi connectivity index (χ1) is 18.2. The minimum Gasteiger partial charge on any atom is -0.375 e. The second-order valence-corrected chi connectivity index (χ2v) is 10.5. The van der Waals surface area contributed by atoms with Crippen LogP contribution >= 0.6 is 0 Å². The Balaban J connectivity index is 1.05. The molecular weight excluding hydrogens is 465 g/mol. The van der Waals surface area contributed by atoms with Gasteiger partial charge in [0.15, 0.2) is 6.30 Å². The zero-order valence-corrected chi connectivity index (χ0v) is 21.0. The smallest absolute Gasteiger partial charge is 0.253 e. The summed E-state index contributed by atoms with van der Waals surface area (Å²) in [6, 6.07) is 28.9. The first kappa shape index (κ1) is 24.1. The number of benzene rings is 3. The number of carbonyl (C=O) groups excluding carboxylic acids is 1. The van der Waals surface area contributed by atoms with Gasteiger partial charge in [-0.1, -0.05) is 72.8 Å². The van der Waals surface area contributed by atoms with Gasteiger partial charge in [-0.05, 0) is 41.0 Å². The Kier molecular flexibility index (Phi) is 6.94. The van der Waals surface area contributed by atoms with Crippen molar-refractivity contribution in [2.24, 2.45) is 17.8 Å². The number of nitrogens with zero attached hydrogens (tertiary/aromatic N) is 2. The molecule has 6 rings (SSSR count). The van der Waals surface area contributed by atoms with E-state index in [0.717, 1.165) is 19.6 Å². The summed E-state index contributed by atoms with van der Waals surface area (Å²) in [7, 11) is 0. The number of ether oxygens (including phenoxy) is 1. The zero-order valence-electron chi connectivity index (χ0n) is 21.0. The van der Waals surface area contributed by atoms with E-state index in [1.54, 1.807) is 11.0 Å². The Hall–Kier alpha value is -3.22. The van der Waals surface area contributed by atoms with Crippen molar-refractivity contribution in [3.63, 3.8) is 0 Å². The number of alkyl halides is 1. The Bertz CT molecular complexity index is 1160. The zero-order chi connectivity index (χ0) is 25.2. The number of hydrogen-bond donors (Lipinski definition) is 1. The molecule has 0 aromatic heterocycles. The second-order valence-electron chi connectivity index (χ2n) is 10.5. The van der Waals surface area contributed by atoms with Gasteiger partial charge in [0.1, 0.15) is 0 Å². The van der Waals surface area contributed by atoms with Crippen LogP contribution < -0.4 is 10.2 Å². The van der Waals surface area contributed by atoms with Crippen LogP contribution in [0.3, 0.4) is 0 Å². The number of nitrogens with one attached hydrogen (secondary N) is 1. The van der Waals surface area contributed by atoms with Crippen LogP contribution in [0.1, 0.15) is 27.4 Å². The van der Waals surface area contributed by atoms with E-state index in [1.807, 2.05) is 18.2 Å². The van der Waals surface area contributed by atoms with Gasteiger partial charge in [-0.25, -0.2) is 4.39 Å². The molecule has 3 fully saturated rings. The first-order valence-corrected chi connectivity index (χ1v) is 13.4. The fraction of sp³-hybridized carbons (Fsp3) is 0.387. The maximum atomic E-state index is 14.5. The van der Waals surface area contributed by atoms with Gasteiger partial charge >= 0.3 is 0 Å². The lowest BCUT2D eigenvalue weighted by Crippen LogP contribution is -2.44. The number of hydrogen-bond acceptors (Lipinski definition) is 4. The number of likely N-dealkylation sites (tertiary alicyclic amines) is 1. The Morgan fingerprint density at radius 2 is 1.54 bits per heavy atom. The predicted octanol–water partition coefficient (Wildman–Crippen LogP) is 4.56. The van der Waals surface area contributed by atoms with Crippen molar-refractivity contribution in [3.05, 3.63) is 102 Å². The van der Waals surface area contributed by atoms with E-state index in [-0.39, 0.29) is 12.5 Å². The number of halogens is 1. The maximum Gasteiger partial charge on any atom is 0.253 e. The average Bonchev–Trinajstić information content (AvgIpc) is 3.41. The fourth-order valence-electron chi connectivity index (χ4n) is 6.29. The predicted molar refractivity (Wildman–Crippen MR) is 143 cm³/mol. The Labute approximate surface area is 218 Å². The van der Waals surface area contributed by atoms with Crippen LogP contribution in [0.15, 0.2) is 84.9 Å². The standard InChI is InChI=1S/C31H34FN3O2/c32-30-21-37-16-15-35(30)29-14-8-7-13-24(29)31(36)33-17-25-27-19-34(20-28(25)27)18-26(22-9-3-1-4-10-22)23-11-5-2-6-12-23/h1-14,25-28,30H,15-21H2,(H,33,36). The Morgan fingerprint density at radius 1 is 0.919 bits per heavy atom. The molecule has 1 amide bonds. The highest BCUT2D eigenvalue weighted by Crippen LogP contribution is 2.51. The molecule has 37 heavy (non-hydrogen) atoms.